The zero-order chi connectivity index (χ0) is 19.0. The minimum atomic E-state index is -4.57. The van der Waals surface area contributed by atoms with Gasteiger partial charge in [0.2, 0.25) is 11.8 Å². The van der Waals surface area contributed by atoms with Crippen LogP contribution in [0.3, 0.4) is 0 Å². The first-order valence-corrected chi connectivity index (χ1v) is 7.33. The molecule has 0 saturated carbocycles. The van der Waals surface area contributed by atoms with Gasteiger partial charge in [-0.05, 0) is 12.1 Å². The van der Waals surface area contributed by atoms with Gasteiger partial charge in [-0.2, -0.15) is 13.2 Å². The molecule has 1 atom stereocenters. The lowest BCUT2D eigenvalue weighted by Crippen LogP contribution is -2.43. The summed E-state index contributed by atoms with van der Waals surface area (Å²) in [7, 11) is 1.38. The Labute approximate surface area is 154 Å². The second kappa shape index (κ2) is 10.8. The molecule has 0 bridgehead atoms. The topological polar surface area (TPSA) is 105 Å². The van der Waals surface area contributed by atoms with Gasteiger partial charge in [0.1, 0.15) is 18.5 Å². The SMILES string of the molecule is CN(CC(O)COc1ccccc1C(F)(F)F)C(=O)CNC(=O)CN.Cl. The van der Waals surface area contributed by atoms with Gasteiger partial charge in [-0.25, -0.2) is 0 Å². The number of aliphatic hydroxyl groups excluding tert-OH is 1. The van der Waals surface area contributed by atoms with Crippen LogP contribution in [-0.2, 0) is 15.8 Å². The maximum absolute atomic E-state index is 12.8. The number of hydrogen-bond acceptors (Lipinski definition) is 5. The van der Waals surface area contributed by atoms with Gasteiger partial charge < -0.3 is 25.8 Å². The molecular formula is C15H21ClF3N3O4. The highest BCUT2D eigenvalue weighted by atomic mass is 35.5. The average Bonchev–Trinajstić information content (AvgIpc) is 2.56. The van der Waals surface area contributed by atoms with Gasteiger partial charge in [-0.3, -0.25) is 9.59 Å². The molecule has 11 heteroatoms. The largest absolute Gasteiger partial charge is 0.490 e. The molecule has 2 amide bonds. The Morgan fingerprint density at radius 2 is 1.96 bits per heavy atom. The normalized spacial score (nSPS) is 11.9. The van der Waals surface area contributed by atoms with Gasteiger partial charge in [0.05, 0.1) is 18.7 Å². The highest BCUT2D eigenvalue weighted by Crippen LogP contribution is 2.35. The number of likely N-dealkylation sites (N-methyl/N-ethyl adjacent to an activating group) is 1. The number of carbonyl (C=O) groups excluding carboxylic acids is 2. The molecule has 1 aromatic carbocycles. The van der Waals surface area contributed by atoms with E-state index >= 15 is 0 Å². The fourth-order valence-corrected chi connectivity index (χ4v) is 1.86. The predicted octanol–water partition coefficient (Wildman–Crippen LogP) is 0.400. The Hall–Kier alpha value is -2.04. The molecule has 1 aromatic rings. The fraction of sp³-hybridized carbons (Fsp3) is 0.467. The Morgan fingerprint density at radius 3 is 2.54 bits per heavy atom. The van der Waals surface area contributed by atoms with Crippen LogP contribution in [0.2, 0.25) is 0 Å². The average molecular weight is 400 g/mol. The summed E-state index contributed by atoms with van der Waals surface area (Å²) < 4.78 is 43.5. The summed E-state index contributed by atoms with van der Waals surface area (Å²) in [5, 5.41) is 12.1. The molecule has 0 aliphatic heterocycles. The van der Waals surface area contributed by atoms with Crippen LogP contribution in [0.4, 0.5) is 13.2 Å². The van der Waals surface area contributed by atoms with E-state index in [1.165, 1.54) is 19.2 Å². The van der Waals surface area contributed by atoms with Gasteiger partial charge in [0, 0.05) is 13.6 Å². The first-order valence-electron chi connectivity index (χ1n) is 7.33. The van der Waals surface area contributed by atoms with Gasteiger partial charge in [0.15, 0.2) is 0 Å². The van der Waals surface area contributed by atoms with Gasteiger partial charge in [0.25, 0.3) is 0 Å². The van der Waals surface area contributed by atoms with Crippen molar-refractivity contribution in [3.63, 3.8) is 0 Å². The van der Waals surface area contributed by atoms with Gasteiger partial charge in [-0.1, -0.05) is 12.1 Å². The van der Waals surface area contributed by atoms with Crippen molar-refractivity contribution in [2.75, 3.05) is 33.3 Å². The third-order valence-corrected chi connectivity index (χ3v) is 3.16. The number of nitrogens with zero attached hydrogens (tertiary/aromatic N) is 1. The van der Waals surface area contributed by atoms with Crippen LogP contribution in [0.25, 0.3) is 0 Å². The molecule has 1 rings (SSSR count). The Bertz CT molecular complexity index is 602. The number of alkyl halides is 3. The third-order valence-electron chi connectivity index (χ3n) is 3.16. The van der Waals surface area contributed by atoms with E-state index in [1.54, 1.807) is 0 Å². The number of nitrogens with one attached hydrogen (secondary N) is 1. The number of ether oxygens (including phenoxy) is 1. The van der Waals surface area contributed by atoms with Crippen molar-refractivity contribution in [1.82, 2.24) is 10.2 Å². The number of amides is 2. The van der Waals surface area contributed by atoms with Crippen molar-refractivity contribution >= 4 is 24.2 Å². The summed E-state index contributed by atoms with van der Waals surface area (Å²) in [6, 6.07) is 4.63. The first kappa shape index (κ1) is 24.0. The number of carbonyl (C=O) groups is 2. The lowest BCUT2D eigenvalue weighted by molar-refractivity contribution is -0.139. The third kappa shape index (κ3) is 7.89. The second-order valence-corrected chi connectivity index (χ2v) is 5.21. The minimum Gasteiger partial charge on any atom is -0.490 e. The lowest BCUT2D eigenvalue weighted by Gasteiger charge is -2.22. The standard InChI is InChI=1S/C15H20F3N3O4.ClH/c1-21(14(24)7-20-13(23)6-19)8-10(22)9-25-12-5-3-2-4-11(12)15(16,17)18;/h2-5,10,22H,6-9,19H2,1H3,(H,20,23);1H. The zero-order valence-corrected chi connectivity index (χ0v) is 14.8. The van der Waals surface area contributed by atoms with E-state index < -0.39 is 42.0 Å². The zero-order valence-electron chi connectivity index (χ0n) is 14.0. The van der Waals surface area contributed by atoms with E-state index in [1.807, 2.05) is 0 Å². The number of rotatable bonds is 8. The van der Waals surface area contributed by atoms with Crippen LogP contribution >= 0.6 is 12.4 Å². The van der Waals surface area contributed by atoms with Gasteiger partial charge >= 0.3 is 6.18 Å². The van der Waals surface area contributed by atoms with Crippen molar-refractivity contribution < 1.29 is 32.6 Å². The van der Waals surface area contributed by atoms with Crippen LogP contribution in [0.5, 0.6) is 5.75 Å². The molecule has 0 aliphatic rings. The second-order valence-electron chi connectivity index (χ2n) is 5.21. The first-order chi connectivity index (χ1) is 11.6. The van der Waals surface area contributed by atoms with E-state index in [-0.39, 0.29) is 32.0 Å². The summed E-state index contributed by atoms with van der Waals surface area (Å²) in [6.07, 6.45) is -5.78. The predicted molar refractivity (Wildman–Crippen MR) is 89.9 cm³/mol. The molecule has 1 unspecified atom stereocenters. The molecule has 26 heavy (non-hydrogen) atoms. The Balaban J connectivity index is 0.00000625. The Kier molecular flexibility index (Phi) is 9.99. The van der Waals surface area contributed by atoms with E-state index in [4.69, 9.17) is 10.5 Å². The molecule has 0 heterocycles. The van der Waals surface area contributed by atoms with E-state index in [0.29, 0.717) is 0 Å². The maximum atomic E-state index is 12.8. The van der Waals surface area contributed by atoms with Crippen molar-refractivity contribution in [3.05, 3.63) is 29.8 Å². The molecule has 4 N–H and O–H groups in total. The number of benzene rings is 1. The number of hydrogen-bond donors (Lipinski definition) is 3. The molecule has 0 spiro atoms. The van der Waals surface area contributed by atoms with E-state index in [2.05, 4.69) is 5.32 Å². The Morgan fingerprint density at radius 1 is 1.35 bits per heavy atom. The van der Waals surface area contributed by atoms with Crippen molar-refractivity contribution in [2.45, 2.75) is 12.3 Å². The van der Waals surface area contributed by atoms with Crippen molar-refractivity contribution in [1.29, 1.82) is 0 Å². The van der Waals surface area contributed by atoms with E-state index in [0.717, 1.165) is 17.0 Å². The minimum absolute atomic E-state index is 0. The summed E-state index contributed by atoms with van der Waals surface area (Å²) >= 11 is 0. The number of nitrogens with two attached hydrogens (primary N) is 1. The lowest BCUT2D eigenvalue weighted by atomic mass is 10.2. The molecule has 0 aromatic heterocycles. The smallest absolute Gasteiger partial charge is 0.419 e. The highest BCUT2D eigenvalue weighted by molar-refractivity contribution is 5.85. The summed E-state index contributed by atoms with van der Waals surface area (Å²) in [4.78, 5) is 23.8. The molecule has 7 nitrogen and oxygen atoms in total. The number of para-hydroxylation sites is 1. The maximum Gasteiger partial charge on any atom is 0.419 e. The molecule has 0 radical (unpaired) electrons. The fourth-order valence-electron chi connectivity index (χ4n) is 1.86. The van der Waals surface area contributed by atoms with Crippen LogP contribution < -0.4 is 15.8 Å². The summed E-state index contributed by atoms with van der Waals surface area (Å²) in [5.74, 6) is -1.40. The molecule has 0 fully saturated rings. The molecule has 148 valence electrons. The van der Waals surface area contributed by atoms with Crippen molar-refractivity contribution in [2.24, 2.45) is 5.73 Å². The van der Waals surface area contributed by atoms with E-state index in [9.17, 15) is 27.9 Å². The van der Waals surface area contributed by atoms with Gasteiger partial charge in [-0.15, -0.1) is 12.4 Å². The summed E-state index contributed by atoms with van der Waals surface area (Å²) in [5.41, 5.74) is 4.13. The van der Waals surface area contributed by atoms with Crippen molar-refractivity contribution in [3.8, 4) is 5.75 Å². The van der Waals surface area contributed by atoms with Crippen LogP contribution in [0, 0.1) is 0 Å². The number of halogens is 4. The number of aliphatic hydroxyl groups is 1. The van der Waals surface area contributed by atoms with Crippen LogP contribution in [-0.4, -0.2) is 61.2 Å². The van der Waals surface area contributed by atoms with Crippen LogP contribution in [0.15, 0.2) is 24.3 Å². The molecule has 0 saturated heterocycles. The molecule has 0 aliphatic carbocycles. The molecular weight excluding hydrogens is 379 g/mol. The highest BCUT2D eigenvalue weighted by Gasteiger charge is 2.34. The van der Waals surface area contributed by atoms with Crippen LogP contribution in [0.1, 0.15) is 5.56 Å². The quantitative estimate of drug-likeness (QED) is 0.587. The monoisotopic (exact) mass is 399 g/mol. The summed E-state index contributed by atoms with van der Waals surface area (Å²) in [6.45, 7) is -1.16.